The van der Waals surface area contributed by atoms with Crippen molar-refractivity contribution in [2.45, 2.75) is 57.8 Å². The molecule has 1 saturated carbocycles. The smallest absolute Gasteiger partial charge is 0.337 e. The van der Waals surface area contributed by atoms with E-state index in [-0.39, 0.29) is 5.41 Å². The lowest BCUT2D eigenvalue weighted by Crippen LogP contribution is -2.20. The normalized spacial score (nSPS) is 17.1. The van der Waals surface area contributed by atoms with E-state index in [1.165, 1.54) is 25.7 Å². The van der Waals surface area contributed by atoms with Crippen LogP contribution in [0.5, 0.6) is 0 Å². The molecule has 0 radical (unpaired) electrons. The monoisotopic (exact) mass is 247 g/mol. The number of rotatable bonds is 2. The summed E-state index contributed by atoms with van der Waals surface area (Å²) in [5, 5.41) is 9.25. The molecular formula is C15H21NO2. The molecular weight excluding hydrogens is 226 g/mol. The van der Waals surface area contributed by atoms with E-state index < -0.39 is 5.97 Å². The van der Waals surface area contributed by atoms with Gasteiger partial charge in [-0.25, -0.2) is 4.79 Å². The molecule has 3 heteroatoms. The Balaban J connectivity index is 2.45. The molecule has 0 saturated heterocycles. The summed E-state index contributed by atoms with van der Waals surface area (Å²) in [5.41, 5.74) is 1.88. The number of carbonyl (C=O) groups is 1. The van der Waals surface area contributed by atoms with Crippen LogP contribution in [-0.2, 0) is 5.41 Å². The molecule has 1 aliphatic carbocycles. The minimum atomic E-state index is -0.884. The largest absolute Gasteiger partial charge is 0.478 e. The third-order valence-corrected chi connectivity index (χ3v) is 3.63. The first kappa shape index (κ1) is 13.1. The topological polar surface area (TPSA) is 50.2 Å². The fourth-order valence-electron chi connectivity index (χ4n) is 2.67. The Morgan fingerprint density at radius 1 is 1.28 bits per heavy atom. The number of pyridine rings is 1. The first-order valence-corrected chi connectivity index (χ1v) is 6.64. The lowest BCUT2D eigenvalue weighted by molar-refractivity contribution is 0.0693. The second-order valence-corrected chi connectivity index (χ2v) is 6.17. The van der Waals surface area contributed by atoms with Gasteiger partial charge in [0.2, 0.25) is 0 Å². The highest BCUT2D eigenvalue weighted by Gasteiger charge is 2.26. The summed E-state index contributed by atoms with van der Waals surface area (Å²) in [6.45, 7) is 6.04. The molecule has 98 valence electrons. The highest BCUT2D eigenvalue weighted by molar-refractivity contribution is 5.89. The second-order valence-electron chi connectivity index (χ2n) is 6.17. The molecule has 1 N–H and O–H groups in total. The zero-order chi connectivity index (χ0) is 13.3. The van der Waals surface area contributed by atoms with Crippen molar-refractivity contribution in [3.8, 4) is 0 Å². The van der Waals surface area contributed by atoms with Gasteiger partial charge < -0.3 is 5.11 Å². The minimum absolute atomic E-state index is 0.234. The molecule has 1 aliphatic rings. The molecule has 3 nitrogen and oxygen atoms in total. The van der Waals surface area contributed by atoms with Crippen LogP contribution < -0.4 is 0 Å². The average Bonchev–Trinajstić information content (AvgIpc) is 2.80. The van der Waals surface area contributed by atoms with Crippen molar-refractivity contribution in [3.05, 3.63) is 29.1 Å². The van der Waals surface area contributed by atoms with Gasteiger partial charge in [-0.15, -0.1) is 0 Å². The van der Waals surface area contributed by atoms with Crippen LogP contribution in [0.1, 0.15) is 74.1 Å². The Bertz CT molecular complexity index is 454. The Hall–Kier alpha value is -1.38. The second kappa shape index (κ2) is 4.71. The molecule has 2 rings (SSSR count). The number of carboxylic acid groups (broad SMARTS) is 1. The van der Waals surface area contributed by atoms with E-state index in [1.54, 1.807) is 6.07 Å². The molecule has 0 amide bonds. The predicted octanol–water partition coefficient (Wildman–Crippen LogP) is 3.73. The number of aromatic nitrogens is 1. The maximum Gasteiger partial charge on any atom is 0.337 e. The summed E-state index contributed by atoms with van der Waals surface area (Å²) in [6.07, 6.45) is 4.89. The summed E-state index contributed by atoms with van der Waals surface area (Å²) in [6, 6.07) is 3.62. The van der Waals surface area contributed by atoms with Crippen LogP contribution in [0, 0.1) is 0 Å². The van der Waals surface area contributed by atoms with Crippen LogP contribution in [0.15, 0.2) is 12.1 Å². The Kier molecular flexibility index (Phi) is 3.42. The van der Waals surface area contributed by atoms with Crippen molar-refractivity contribution in [3.63, 3.8) is 0 Å². The standard InChI is InChI=1S/C15H21NO2/c1-15(2,3)13-11(14(17)18)8-9-12(16-13)10-6-4-5-7-10/h8-10H,4-7H2,1-3H3,(H,17,18). The first-order chi connectivity index (χ1) is 8.39. The van der Waals surface area contributed by atoms with Crippen molar-refractivity contribution < 1.29 is 9.90 Å². The summed E-state index contributed by atoms with van der Waals surface area (Å²) in [4.78, 5) is 15.9. The van der Waals surface area contributed by atoms with E-state index in [2.05, 4.69) is 4.98 Å². The molecule has 18 heavy (non-hydrogen) atoms. The minimum Gasteiger partial charge on any atom is -0.478 e. The number of nitrogens with zero attached hydrogens (tertiary/aromatic N) is 1. The molecule has 0 bridgehead atoms. The zero-order valence-corrected chi connectivity index (χ0v) is 11.4. The third-order valence-electron chi connectivity index (χ3n) is 3.63. The maximum atomic E-state index is 11.3. The summed E-state index contributed by atoms with van der Waals surface area (Å²) < 4.78 is 0. The Labute approximate surface area is 108 Å². The third kappa shape index (κ3) is 2.55. The van der Waals surface area contributed by atoms with Gasteiger partial charge >= 0.3 is 5.97 Å². The van der Waals surface area contributed by atoms with E-state index in [9.17, 15) is 9.90 Å². The molecule has 1 fully saturated rings. The molecule has 1 aromatic heterocycles. The Morgan fingerprint density at radius 3 is 2.39 bits per heavy atom. The number of hydrogen-bond donors (Lipinski definition) is 1. The van der Waals surface area contributed by atoms with Crippen molar-refractivity contribution in [1.82, 2.24) is 4.98 Å². The molecule has 1 aromatic rings. The maximum absolute atomic E-state index is 11.3. The summed E-state index contributed by atoms with van der Waals surface area (Å²) in [7, 11) is 0. The van der Waals surface area contributed by atoms with Crippen molar-refractivity contribution >= 4 is 5.97 Å². The molecule has 0 spiro atoms. The van der Waals surface area contributed by atoms with Crippen LogP contribution in [-0.4, -0.2) is 16.1 Å². The van der Waals surface area contributed by atoms with Crippen LogP contribution in [0.3, 0.4) is 0 Å². The average molecular weight is 247 g/mol. The van der Waals surface area contributed by atoms with Crippen LogP contribution in [0.25, 0.3) is 0 Å². The first-order valence-electron chi connectivity index (χ1n) is 6.64. The predicted molar refractivity (Wildman–Crippen MR) is 71.1 cm³/mol. The fraction of sp³-hybridized carbons (Fsp3) is 0.600. The van der Waals surface area contributed by atoms with Gasteiger partial charge in [-0.05, 0) is 25.0 Å². The van der Waals surface area contributed by atoms with Gasteiger partial charge in [-0.2, -0.15) is 0 Å². The molecule has 0 aliphatic heterocycles. The molecule has 0 aromatic carbocycles. The van der Waals surface area contributed by atoms with Crippen molar-refractivity contribution in [2.24, 2.45) is 0 Å². The highest BCUT2D eigenvalue weighted by Crippen LogP contribution is 2.34. The molecule has 0 atom stereocenters. The molecule has 0 unspecified atom stereocenters. The van der Waals surface area contributed by atoms with Gasteiger partial charge in [-0.1, -0.05) is 33.6 Å². The van der Waals surface area contributed by atoms with Gasteiger partial charge in [0, 0.05) is 17.0 Å². The molecule has 1 heterocycles. The van der Waals surface area contributed by atoms with E-state index in [1.807, 2.05) is 26.8 Å². The van der Waals surface area contributed by atoms with E-state index in [0.29, 0.717) is 17.2 Å². The lowest BCUT2D eigenvalue weighted by atomic mass is 9.87. The van der Waals surface area contributed by atoms with Crippen LogP contribution in [0.2, 0.25) is 0 Å². The number of carboxylic acids is 1. The van der Waals surface area contributed by atoms with Crippen LogP contribution in [0.4, 0.5) is 0 Å². The van der Waals surface area contributed by atoms with Crippen LogP contribution >= 0.6 is 0 Å². The fourth-order valence-corrected chi connectivity index (χ4v) is 2.67. The quantitative estimate of drug-likeness (QED) is 0.866. The lowest BCUT2D eigenvalue weighted by Gasteiger charge is -2.22. The van der Waals surface area contributed by atoms with E-state index in [4.69, 9.17) is 0 Å². The van der Waals surface area contributed by atoms with E-state index >= 15 is 0 Å². The van der Waals surface area contributed by atoms with E-state index in [0.717, 1.165) is 5.69 Å². The van der Waals surface area contributed by atoms with Gasteiger partial charge in [0.15, 0.2) is 0 Å². The van der Waals surface area contributed by atoms with Gasteiger partial charge in [0.25, 0.3) is 0 Å². The van der Waals surface area contributed by atoms with Gasteiger partial charge in [0.1, 0.15) is 0 Å². The summed E-state index contributed by atoms with van der Waals surface area (Å²) >= 11 is 0. The van der Waals surface area contributed by atoms with Crippen molar-refractivity contribution in [1.29, 1.82) is 0 Å². The SMILES string of the molecule is CC(C)(C)c1nc(C2CCCC2)ccc1C(=O)O. The number of aromatic carboxylic acids is 1. The van der Waals surface area contributed by atoms with Gasteiger partial charge in [0.05, 0.1) is 11.3 Å². The summed E-state index contributed by atoms with van der Waals surface area (Å²) in [5.74, 6) is -0.362. The zero-order valence-electron chi connectivity index (χ0n) is 11.4. The van der Waals surface area contributed by atoms with Gasteiger partial charge in [-0.3, -0.25) is 4.98 Å². The Morgan fingerprint density at radius 2 is 1.89 bits per heavy atom. The van der Waals surface area contributed by atoms with Crippen molar-refractivity contribution in [2.75, 3.05) is 0 Å². The number of hydrogen-bond acceptors (Lipinski definition) is 2. The highest BCUT2D eigenvalue weighted by atomic mass is 16.4.